The summed E-state index contributed by atoms with van der Waals surface area (Å²) in [4.78, 5) is 23.4. The molecule has 9 nitrogen and oxygen atoms in total. The number of ether oxygens (including phenoxy) is 2. The number of hydrogen-bond acceptors (Lipinski definition) is 8. The maximum atomic E-state index is 12.5. The van der Waals surface area contributed by atoms with Crippen molar-refractivity contribution in [2.45, 2.75) is 45.3 Å². The van der Waals surface area contributed by atoms with Gasteiger partial charge in [0.25, 0.3) is 0 Å². The van der Waals surface area contributed by atoms with Gasteiger partial charge in [-0.3, -0.25) is 4.79 Å². The average Bonchev–Trinajstić information content (AvgIpc) is 3.49. The van der Waals surface area contributed by atoms with Crippen LogP contribution in [0.2, 0.25) is 0 Å². The van der Waals surface area contributed by atoms with Gasteiger partial charge in [-0.25, -0.2) is 9.97 Å². The van der Waals surface area contributed by atoms with Crippen molar-refractivity contribution in [1.29, 1.82) is 0 Å². The minimum Gasteiger partial charge on any atom is -0.482 e. The van der Waals surface area contributed by atoms with Gasteiger partial charge in [0.05, 0.1) is 17.9 Å². The standard InChI is InChI=1S/C28H25N5O4/c1-15-13-36-32-26(15)16-4-6-19-20-12-29-24(10-21(20)28(2,3)37-23(19)8-16)31-17-9-22-27(30-11-17)35-14-18-5-7-25(34)33(18)22/h4,6,8-13,18H,5,7,14H2,1-3H3,(H,29,31)/t18-/m0/s1. The number of anilines is 3. The maximum Gasteiger partial charge on any atom is 0.238 e. The second-order valence-corrected chi connectivity index (χ2v) is 10.2. The van der Waals surface area contributed by atoms with Gasteiger partial charge in [-0.05, 0) is 51.5 Å². The summed E-state index contributed by atoms with van der Waals surface area (Å²) in [6.07, 6.45) is 6.55. The molecule has 1 amide bonds. The molecule has 1 fully saturated rings. The minimum absolute atomic E-state index is 0.0747. The molecule has 186 valence electrons. The number of amides is 1. The zero-order valence-electron chi connectivity index (χ0n) is 20.7. The summed E-state index contributed by atoms with van der Waals surface area (Å²) in [5.74, 6) is 2.04. The molecule has 1 atom stereocenters. The van der Waals surface area contributed by atoms with Crippen LogP contribution in [0, 0.1) is 6.92 Å². The number of pyridine rings is 2. The van der Waals surface area contributed by atoms with Crippen molar-refractivity contribution in [3.8, 4) is 34.0 Å². The predicted molar refractivity (Wildman–Crippen MR) is 137 cm³/mol. The van der Waals surface area contributed by atoms with E-state index in [1.807, 2.05) is 62.2 Å². The quantitative estimate of drug-likeness (QED) is 0.405. The van der Waals surface area contributed by atoms with Crippen molar-refractivity contribution >= 4 is 23.1 Å². The third-order valence-corrected chi connectivity index (χ3v) is 7.31. The third kappa shape index (κ3) is 3.45. The van der Waals surface area contributed by atoms with Gasteiger partial charge in [0.15, 0.2) is 0 Å². The fraction of sp³-hybridized carbons (Fsp3) is 0.286. The first-order valence-corrected chi connectivity index (χ1v) is 12.3. The van der Waals surface area contributed by atoms with E-state index in [-0.39, 0.29) is 11.9 Å². The van der Waals surface area contributed by atoms with E-state index in [2.05, 4.69) is 15.5 Å². The van der Waals surface area contributed by atoms with E-state index in [9.17, 15) is 4.79 Å². The Morgan fingerprint density at radius 2 is 2.00 bits per heavy atom. The lowest BCUT2D eigenvalue weighted by molar-refractivity contribution is -0.117. The van der Waals surface area contributed by atoms with Crippen molar-refractivity contribution in [3.63, 3.8) is 0 Å². The lowest BCUT2D eigenvalue weighted by atomic mass is 9.86. The summed E-state index contributed by atoms with van der Waals surface area (Å²) in [7, 11) is 0. The highest BCUT2D eigenvalue weighted by Crippen LogP contribution is 2.47. The molecule has 0 aliphatic carbocycles. The zero-order chi connectivity index (χ0) is 25.3. The molecule has 37 heavy (non-hydrogen) atoms. The number of aryl methyl sites for hydroxylation is 1. The van der Waals surface area contributed by atoms with Crippen LogP contribution >= 0.6 is 0 Å². The molecule has 0 bridgehead atoms. The highest BCUT2D eigenvalue weighted by atomic mass is 16.5. The topological polar surface area (TPSA) is 103 Å². The number of fused-ring (bicyclic) bond motifs is 6. The van der Waals surface area contributed by atoms with Crippen LogP contribution in [0.15, 0.2) is 53.5 Å². The number of nitrogens with one attached hydrogen (secondary N) is 1. The molecule has 1 saturated heterocycles. The minimum atomic E-state index is -0.587. The second kappa shape index (κ2) is 7.80. The molecule has 0 radical (unpaired) electrons. The Hall–Kier alpha value is -4.40. The fourth-order valence-corrected chi connectivity index (χ4v) is 5.46. The van der Waals surface area contributed by atoms with Crippen molar-refractivity contribution in [3.05, 3.63) is 60.1 Å². The predicted octanol–water partition coefficient (Wildman–Crippen LogP) is 5.37. The Labute approximate surface area is 213 Å². The van der Waals surface area contributed by atoms with Gasteiger partial charge in [0, 0.05) is 40.4 Å². The molecule has 0 spiro atoms. The van der Waals surface area contributed by atoms with E-state index in [1.165, 1.54) is 0 Å². The monoisotopic (exact) mass is 495 g/mol. The Kier molecular flexibility index (Phi) is 4.60. The number of nitrogens with zero attached hydrogens (tertiary/aromatic N) is 4. The Morgan fingerprint density at radius 1 is 1.11 bits per heavy atom. The van der Waals surface area contributed by atoms with Crippen LogP contribution in [0.4, 0.5) is 17.2 Å². The molecule has 3 aliphatic rings. The smallest absolute Gasteiger partial charge is 0.238 e. The summed E-state index contributed by atoms with van der Waals surface area (Å²) < 4.78 is 17.4. The molecule has 3 aromatic heterocycles. The number of carbonyl (C=O) groups is 1. The number of rotatable bonds is 3. The summed E-state index contributed by atoms with van der Waals surface area (Å²) in [5.41, 5.74) is 6.59. The van der Waals surface area contributed by atoms with E-state index >= 15 is 0 Å². The summed E-state index contributed by atoms with van der Waals surface area (Å²) >= 11 is 0. The number of hydrogen-bond donors (Lipinski definition) is 1. The SMILES string of the molecule is Cc1conc1-c1ccc2c(c1)OC(C)(C)c1cc(Nc3cnc4c(c3)N3C(=O)CC[C@H]3CO4)ncc1-2. The third-order valence-electron chi connectivity index (χ3n) is 7.31. The average molecular weight is 496 g/mol. The molecule has 6 heterocycles. The van der Waals surface area contributed by atoms with Crippen LogP contribution in [0.1, 0.15) is 37.8 Å². The summed E-state index contributed by atoms with van der Waals surface area (Å²) in [5, 5.41) is 7.48. The van der Waals surface area contributed by atoms with E-state index in [1.54, 1.807) is 12.5 Å². The molecular weight excluding hydrogens is 470 g/mol. The summed E-state index contributed by atoms with van der Waals surface area (Å²) in [6, 6.07) is 10.1. The van der Waals surface area contributed by atoms with Crippen LogP contribution < -0.4 is 19.7 Å². The van der Waals surface area contributed by atoms with Crippen molar-refractivity contribution < 1.29 is 18.8 Å². The van der Waals surface area contributed by atoms with Crippen molar-refractivity contribution in [2.24, 2.45) is 0 Å². The Morgan fingerprint density at radius 3 is 2.84 bits per heavy atom. The molecule has 4 aromatic rings. The van der Waals surface area contributed by atoms with Gasteiger partial charge in [-0.2, -0.15) is 0 Å². The summed E-state index contributed by atoms with van der Waals surface area (Å²) in [6.45, 7) is 6.55. The number of carbonyl (C=O) groups excluding carboxylic acids is 1. The first kappa shape index (κ1) is 21.8. The van der Waals surface area contributed by atoms with Crippen molar-refractivity contribution in [1.82, 2.24) is 15.1 Å². The molecule has 3 aliphatic heterocycles. The van der Waals surface area contributed by atoms with E-state index < -0.39 is 5.60 Å². The lowest BCUT2D eigenvalue weighted by Gasteiger charge is -2.35. The van der Waals surface area contributed by atoms with Gasteiger partial charge in [0.1, 0.15) is 41.4 Å². The van der Waals surface area contributed by atoms with Crippen LogP contribution in [-0.4, -0.2) is 33.7 Å². The molecule has 0 saturated carbocycles. The maximum absolute atomic E-state index is 12.5. The van der Waals surface area contributed by atoms with Crippen molar-refractivity contribution in [2.75, 3.05) is 16.8 Å². The molecule has 0 unspecified atom stereocenters. The van der Waals surface area contributed by atoms with Crippen LogP contribution in [-0.2, 0) is 10.4 Å². The van der Waals surface area contributed by atoms with E-state index in [4.69, 9.17) is 19.0 Å². The van der Waals surface area contributed by atoms with E-state index in [0.717, 1.165) is 51.4 Å². The highest BCUT2D eigenvalue weighted by Gasteiger charge is 2.38. The molecule has 1 aromatic carbocycles. The lowest BCUT2D eigenvalue weighted by Crippen LogP contribution is -2.40. The van der Waals surface area contributed by atoms with Crippen LogP contribution in [0.3, 0.4) is 0 Å². The van der Waals surface area contributed by atoms with Gasteiger partial charge in [-0.1, -0.05) is 11.2 Å². The highest BCUT2D eigenvalue weighted by molar-refractivity contribution is 5.98. The Balaban J connectivity index is 1.22. The van der Waals surface area contributed by atoms with Gasteiger partial charge >= 0.3 is 0 Å². The fourth-order valence-electron chi connectivity index (χ4n) is 5.46. The largest absolute Gasteiger partial charge is 0.482 e. The number of aromatic nitrogens is 3. The van der Waals surface area contributed by atoms with Gasteiger partial charge in [0.2, 0.25) is 11.8 Å². The van der Waals surface area contributed by atoms with Gasteiger partial charge < -0.3 is 24.2 Å². The zero-order valence-corrected chi connectivity index (χ0v) is 20.7. The molecule has 9 heteroatoms. The first-order chi connectivity index (χ1) is 17.9. The van der Waals surface area contributed by atoms with Crippen LogP contribution in [0.25, 0.3) is 22.4 Å². The normalized spacial score (nSPS) is 18.7. The van der Waals surface area contributed by atoms with E-state index in [0.29, 0.717) is 30.4 Å². The van der Waals surface area contributed by atoms with Crippen LogP contribution in [0.5, 0.6) is 11.6 Å². The molecular formula is C28H25N5O4. The molecule has 7 rings (SSSR count). The molecule has 1 N–H and O–H groups in total. The first-order valence-electron chi connectivity index (χ1n) is 12.3. The van der Waals surface area contributed by atoms with Gasteiger partial charge in [-0.15, -0.1) is 0 Å². The Bertz CT molecular complexity index is 1580. The number of benzene rings is 1. The second-order valence-electron chi connectivity index (χ2n) is 10.2.